The molecule has 0 saturated carbocycles. The second kappa shape index (κ2) is 7.20. The first kappa shape index (κ1) is 11.5. The van der Waals surface area contributed by atoms with Gasteiger partial charge in [-0.3, -0.25) is 0 Å². The van der Waals surface area contributed by atoms with E-state index in [-0.39, 0.29) is 0 Å². The van der Waals surface area contributed by atoms with Crippen molar-refractivity contribution in [3.8, 4) is 0 Å². The van der Waals surface area contributed by atoms with Gasteiger partial charge in [-0.15, -0.1) is 0 Å². The van der Waals surface area contributed by atoms with Crippen molar-refractivity contribution in [2.45, 2.75) is 13.8 Å². The summed E-state index contributed by atoms with van der Waals surface area (Å²) in [6.45, 7) is 4.48. The van der Waals surface area contributed by atoms with Gasteiger partial charge in [0, 0.05) is 0 Å². The third kappa shape index (κ3) is 4.42. The molecule has 0 bridgehead atoms. The van der Waals surface area contributed by atoms with Crippen LogP contribution in [0, 0.1) is 0 Å². The predicted octanol–water partition coefficient (Wildman–Crippen LogP) is 1.37. The summed E-state index contributed by atoms with van der Waals surface area (Å²) in [5, 5.41) is 0. The Morgan fingerprint density at radius 1 is 1.50 bits per heavy atom. The van der Waals surface area contributed by atoms with Crippen LogP contribution in [0.2, 0.25) is 0 Å². The molecule has 0 unspecified atom stereocenters. The average Bonchev–Trinajstić information content (AvgIpc) is 2.06. The highest BCUT2D eigenvalue weighted by Gasteiger charge is 2.08. The van der Waals surface area contributed by atoms with E-state index in [2.05, 4.69) is 3.53 Å². The first-order valence-electron chi connectivity index (χ1n) is 3.61. The molecule has 4 nitrogen and oxygen atoms in total. The van der Waals surface area contributed by atoms with E-state index in [4.69, 9.17) is 9.47 Å². The highest BCUT2D eigenvalue weighted by atomic mass is 127. The number of rotatable bonds is 5. The number of esters is 1. The monoisotopic (exact) mass is 285 g/mol. The molecule has 0 aromatic rings. The molecule has 0 rings (SSSR count). The largest absolute Gasteiger partial charge is 0.499 e. The molecule has 0 aliphatic rings. The van der Waals surface area contributed by atoms with Crippen LogP contribution in [-0.4, -0.2) is 19.2 Å². The van der Waals surface area contributed by atoms with Gasteiger partial charge in [0.25, 0.3) is 0 Å². The van der Waals surface area contributed by atoms with Crippen molar-refractivity contribution in [1.82, 2.24) is 3.53 Å². The van der Waals surface area contributed by atoms with Gasteiger partial charge in [-0.1, -0.05) is 0 Å². The fraction of sp³-hybridized carbons (Fsp3) is 0.571. The Morgan fingerprint density at radius 2 is 2.17 bits per heavy atom. The van der Waals surface area contributed by atoms with Gasteiger partial charge in [0.05, 0.1) is 36.1 Å². The fourth-order valence-corrected chi connectivity index (χ4v) is 0.832. The Morgan fingerprint density at radius 3 is 2.58 bits per heavy atom. The van der Waals surface area contributed by atoms with Crippen molar-refractivity contribution in [3.05, 3.63) is 12.0 Å². The lowest BCUT2D eigenvalue weighted by Gasteiger charge is -2.04. The molecule has 0 fully saturated rings. The SMILES string of the molecule is CCO/C=C(/NI)C(=O)OCC. The lowest BCUT2D eigenvalue weighted by molar-refractivity contribution is -0.138. The summed E-state index contributed by atoms with van der Waals surface area (Å²) in [5.74, 6) is -0.402. The Labute approximate surface area is 85.8 Å². The number of hydrogen-bond acceptors (Lipinski definition) is 4. The van der Waals surface area contributed by atoms with Crippen molar-refractivity contribution in [3.63, 3.8) is 0 Å². The second-order valence-electron chi connectivity index (χ2n) is 1.80. The number of nitrogens with one attached hydrogen (secondary N) is 1. The zero-order valence-electron chi connectivity index (χ0n) is 7.09. The van der Waals surface area contributed by atoms with Crippen LogP contribution in [0.15, 0.2) is 12.0 Å². The molecule has 0 aromatic carbocycles. The minimum Gasteiger partial charge on any atom is -0.499 e. The van der Waals surface area contributed by atoms with Crippen molar-refractivity contribution >= 4 is 28.8 Å². The normalized spacial score (nSPS) is 10.8. The molecule has 5 heteroatoms. The van der Waals surface area contributed by atoms with E-state index in [0.717, 1.165) is 0 Å². The topological polar surface area (TPSA) is 47.6 Å². The molecular weight excluding hydrogens is 273 g/mol. The number of carbonyl (C=O) groups is 1. The summed E-state index contributed by atoms with van der Waals surface area (Å²) in [5.41, 5.74) is 0.319. The van der Waals surface area contributed by atoms with Gasteiger partial charge in [-0.05, 0) is 13.8 Å². The lowest BCUT2D eigenvalue weighted by atomic mass is 10.5. The van der Waals surface area contributed by atoms with Crippen molar-refractivity contribution in [2.24, 2.45) is 0 Å². The Balaban J connectivity index is 4.04. The van der Waals surface area contributed by atoms with Crippen LogP contribution in [0.5, 0.6) is 0 Å². The van der Waals surface area contributed by atoms with Crippen LogP contribution >= 0.6 is 22.9 Å². The molecule has 12 heavy (non-hydrogen) atoms. The van der Waals surface area contributed by atoms with Gasteiger partial charge in [0.2, 0.25) is 0 Å². The number of carbonyl (C=O) groups excluding carboxylic acids is 1. The van der Waals surface area contributed by atoms with E-state index in [1.807, 2.05) is 29.8 Å². The Bertz CT molecular complexity index is 170. The molecule has 0 aromatic heterocycles. The molecular formula is C7H12INO3. The van der Waals surface area contributed by atoms with E-state index in [1.165, 1.54) is 6.26 Å². The number of ether oxygens (including phenoxy) is 2. The van der Waals surface area contributed by atoms with Gasteiger partial charge in [-0.2, -0.15) is 0 Å². The quantitative estimate of drug-likeness (QED) is 0.272. The first-order valence-corrected chi connectivity index (χ1v) is 4.69. The van der Waals surface area contributed by atoms with Gasteiger partial charge < -0.3 is 13.0 Å². The molecule has 0 aliphatic heterocycles. The van der Waals surface area contributed by atoms with Gasteiger partial charge in [0.15, 0.2) is 5.70 Å². The molecule has 0 heterocycles. The zero-order valence-corrected chi connectivity index (χ0v) is 9.25. The summed E-state index contributed by atoms with van der Waals surface area (Å²) in [4.78, 5) is 11.0. The van der Waals surface area contributed by atoms with Crippen LogP contribution in [0.25, 0.3) is 0 Å². The van der Waals surface area contributed by atoms with Crippen molar-refractivity contribution in [2.75, 3.05) is 13.2 Å². The minimum atomic E-state index is -0.402. The molecule has 70 valence electrons. The maximum atomic E-state index is 11.0. The second-order valence-corrected chi connectivity index (χ2v) is 2.34. The highest BCUT2D eigenvalue weighted by Crippen LogP contribution is 1.97. The van der Waals surface area contributed by atoms with E-state index in [9.17, 15) is 4.79 Å². The summed E-state index contributed by atoms with van der Waals surface area (Å²) < 4.78 is 12.3. The average molecular weight is 285 g/mol. The maximum absolute atomic E-state index is 11.0. The Kier molecular flexibility index (Phi) is 6.93. The lowest BCUT2D eigenvalue weighted by Crippen LogP contribution is -2.15. The van der Waals surface area contributed by atoms with E-state index in [1.54, 1.807) is 6.92 Å². The third-order valence-corrected chi connectivity index (χ3v) is 1.55. The number of halogens is 1. The smallest absolute Gasteiger partial charge is 0.358 e. The molecule has 0 aliphatic carbocycles. The highest BCUT2D eigenvalue weighted by molar-refractivity contribution is 14.1. The van der Waals surface area contributed by atoms with Crippen LogP contribution < -0.4 is 3.53 Å². The fourth-order valence-electron chi connectivity index (χ4n) is 0.484. The molecule has 0 saturated heterocycles. The van der Waals surface area contributed by atoms with E-state index in [0.29, 0.717) is 18.9 Å². The molecule has 0 amide bonds. The van der Waals surface area contributed by atoms with Crippen LogP contribution in [-0.2, 0) is 14.3 Å². The minimum absolute atomic E-state index is 0.319. The van der Waals surface area contributed by atoms with Gasteiger partial charge >= 0.3 is 5.97 Å². The van der Waals surface area contributed by atoms with Crippen molar-refractivity contribution in [1.29, 1.82) is 0 Å². The summed E-state index contributed by atoms with van der Waals surface area (Å²) in [6.07, 6.45) is 1.35. The van der Waals surface area contributed by atoms with Gasteiger partial charge in [0.1, 0.15) is 6.26 Å². The maximum Gasteiger partial charge on any atom is 0.358 e. The molecule has 0 spiro atoms. The third-order valence-electron chi connectivity index (χ3n) is 0.965. The number of hydrogen-bond donors (Lipinski definition) is 1. The van der Waals surface area contributed by atoms with Gasteiger partial charge in [-0.25, -0.2) is 4.79 Å². The van der Waals surface area contributed by atoms with E-state index < -0.39 is 5.97 Å². The predicted molar refractivity (Wildman–Crippen MR) is 53.5 cm³/mol. The first-order chi connectivity index (χ1) is 5.76. The molecule has 1 N–H and O–H groups in total. The van der Waals surface area contributed by atoms with Crippen LogP contribution in [0.3, 0.4) is 0 Å². The standard InChI is InChI=1S/C7H12INO3/c1-3-11-5-6(9-8)7(10)12-4-2/h5,9H,3-4H2,1-2H3/b6-5+. The zero-order chi connectivity index (χ0) is 9.40. The summed E-state index contributed by atoms with van der Waals surface area (Å²) in [7, 11) is 0. The van der Waals surface area contributed by atoms with Crippen molar-refractivity contribution < 1.29 is 14.3 Å². The van der Waals surface area contributed by atoms with Crippen LogP contribution in [0.1, 0.15) is 13.8 Å². The Hall–Kier alpha value is -0.460. The molecule has 0 radical (unpaired) electrons. The molecule has 0 atom stereocenters. The van der Waals surface area contributed by atoms with E-state index >= 15 is 0 Å². The summed E-state index contributed by atoms with van der Waals surface area (Å²) >= 11 is 1.84. The summed E-state index contributed by atoms with van der Waals surface area (Å²) in [6, 6.07) is 0. The van der Waals surface area contributed by atoms with Crippen LogP contribution in [0.4, 0.5) is 0 Å².